The Labute approximate surface area is 107 Å². The summed E-state index contributed by atoms with van der Waals surface area (Å²) in [6.45, 7) is 3.59. The van der Waals surface area contributed by atoms with E-state index in [4.69, 9.17) is 10.9 Å². The van der Waals surface area contributed by atoms with Gasteiger partial charge in [-0.05, 0) is 25.2 Å². The number of anilines is 2. The third-order valence-electron chi connectivity index (χ3n) is 3.11. The first-order valence-electron chi connectivity index (χ1n) is 5.73. The fourth-order valence-electron chi connectivity index (χ4n) is 2.02. The molecule has 6 nitrogen and oxygen atoms in total. The van der Waals surface area contributed by atoms with Crippen molar-refractivity contribution in [1.82, 2.24) is 4.90 Å². The van der Waals surface area contributed by atoms with Crippen molar-refractivity contribution in [2.24, 2.45) is 5.14 Å². The first kappa shape index (κ1) is 13.1. The van der Waals surface area contributed by atoms with Crippen LogP contribution in [0.3, 0.4) is 0 Å². The summed E-state index contributed by atoms with van der Waals surface area (Å²) in [4.78, 5) is 4.41. The fourth-order valence-corrected chi connectivity index (χ4v) is 2.60. The summed E-state index contributed by atoms with van der Waals surface area (Å²) in [5, 5.41) is 5.14. The van der Waals surface area contributed by atoms with Gasteiger partial charge in [0.05, 0.1) is 4.90 Å². The molecule has 1 aromatic rings. The van der Waals surface area contributed by atoms with Crippen molar-refractivity contribution in [2.45, 2.75) is 4.90 Å². The molecule has 1 heterocycles. The molecule has 0 amide bonds. The molecule has 1 aromatic carbocycles. The van der Waals surface area contributed by atoms with Crippen LogP contribution >= 0.6 is 0 Å². The lowest BCUT2D eigenvalue weighted by atomic mass is 10.2. The molecule has 0 radical (unpaired) electrons. The highest BCUT2D eigenvalue weighted by molar-refractivity contribution is 7.89. The molecular formula is C11H18N4O2S. The van der Waals surface area contributed by atoms with Gasteiger partial charge in [-0.3, -0.25) is 0 Å². The molecule has 1 saturated heterocycles. The van der Waals surface area contributed by atoms with E-state index in [0.717, 1.165) is 31.9 Å². The minimum atomic E-state index is -3.71. The number of piperazine rings is 1. The lowest BCUT2D eigenvalue weighted by Gasteiger charge is -2.34. The maximum absolute atomic E-state index is 11.4. The zero-order valence-corrected chi connectivity index (χ0v) is 11.2. The predicted octanol–water partition coefficient (Wildman–Crippen LogP) is -0.332. The lowest BCUT2D eigenvalue weighted by Crippen LogP contribution is -2.44. The number of nitrogens with two attached hydrogens (primary N) is 2. The van der Waals surface area contributed by atoms with Crippen molar-refractivity contribution in [3.63, 3.8) is 0 Å². The molecule has 2 rings (SSSR count). The monoisotopic (exact) mass is 270 g/mol. The van der Waals surface area contributed by atoms with Gasteiger partial charge in [-0.1, -0.05) is 0 Å². The molecule has 18 heavy (non-hydrogen) atoms. The Kier molecular flexibility index (Phi) is 3.47. The van der Waals surface area contributed by atoms with E-state index >= 15 is 0 Å². The number of nitrogens with zero attached hydrogens (tertiary/aromatic N) is 2. The molecule has 0 saturated carbocycles. The maximum atomic E-state index is 11.4. The average Bonchev–Trinajstić information content (AvgIpc) is 2.28. The summed E-state index contributed by atoms with van der Waals surface area (Å²) in [5.74, 6) is 0. The van der Waals surface area contributed by atoms with Gasteiger partial charge in [0.25, 0.3) is 0 Å². The van der Waals surface area contributed by atoms with Gasteiger partial charge in [0.1, 0.15) is 0 Å². The molecule has 7 heteroatoms. The number of rotatable bonds is 2. The van der Waals surface area contributed by atoms with Crippen LogP contribution in [-0.2, 0) is 10.0 Å². The molecule has 1 aliphatic rings. The van der Waals surface area contributed by atoms with Crippen molar-refractivity contribution in [3.8, 4) is 0 Å². The summed E-state index contributed by atoms with van der Waals surface area (Å²) < 4.78 is 22.7. The number of sulfonamides is 1. The highest BCUT2D eigenvalue weighted by atomic mass is 32.2. The molecule has 0 aromatic heterocycles. The molecule has 1 fully saturated rings. The van der Waals surface area contributed by atoms with E-state index in [1.807, 2.05) is 0 Å². The predicted molar refractivity (Wildman–Crippen MR) is 71.9 cm³/mol. The van der Waals surface area contributed by atoms with E-state index in [1.165, 1.54) is 6.07 Å². The number of primary sulfonamides is 1. The minimum Gasteiger partial charge on any atom is -0.399 e. The summed E-state index contributed by atoms with van der Waals surface area (Å²) in [6.07, 6.45) is 0. The number of hydrogen-bond donors (Lipinski definition) is 2. The van der Waals surface area contributed by atoms with Crippen molar-refractivity contribution in [1.29, 1.82) is 0 Å². The van der Waals surface area contributed by atoms with Crippen LogP contribution in [0.5, 0.6) is 0 Å². The van der Waals surface area contributed by atoms with Crippen molar-refractivity contribution in [2.75, 3.05) is 43.9 Å². The van der Waals surface area contributed by atoms with E-state index in [0.29, 0.717) is 5.69 Å². The zero-order valence-electron chi connectivity index (χ0n) is 10.3. The van der Waals surface area contributed by atoms with Gasteiger partial charge in [0.15, 0.2) is 0 Å². The van der Waals surface area contributed by atoms with Crippen molar-refractivity contribution < 1.29 is 8.42 Å². The minimum absolute atomic E-state index is 0.0661. The quantitative estimate of drug-likeness (QED) is 0.718. The Morgan fingerprint density at radius 3 is 2.28 bits per heavy atom. The second-order valence-electron chi connectivity index (χ2n) is 4.60. The molecule has 1 aliphatic heterocycles. The maximum Gasteiger partial charge on any atom is 0.238 e. The first-order valence-corrected chi connectivity index (χ1v) is 7.28. The third kappa shape index (κ3) is 2.92. The molecule has 0 spiro atoms. The van der Waals surface area contributed by atoms with Crippen LogP contribution < -0.4 is 15.8 Å². The smallest absolute Gasteiger partial charge is 0.238 e. The molecule has 4 N–H and O–H groups in total. The molecule has 0 unspecified atom stereocenters. The van der Waals surface area contributed by atoms with E-state index in [1.54, 1.807) is 12.1 Å². The number of nitrogen functional groups attached to an aromatic ring is 1. The van der Waals surface area contributed by atoms with Crippen LogP contribution in [-0.4, -0.2) is 46.5 Å². The highest BCUT2D eigenvalue weighted by Gasteiger charge is 2.17. The van der Waals surface area contributed by atoms with E-state index in [9.17, 15) is 8.42 Å². The molecular weight excluding hydrogens is 252 g/mol. The standard InChI is InChI=1S/C11H18N4O2S/c1-14-2-4-15(5-3-14)10-6-9(12)7-11(8-10)18(13,16)17/h6-8H,2-5,12H2,1H3,(H2,13,16,17). The summed E-state index contributed by atoms with van der Waals surface area (Å²) >= 11 is 0. The third-order valence-corrected chi connectivity index (χ3v) is 4.00. The Morgan fingerprint density at radius 1 is 1.11 bits per heavy atom. The number of benzene rings is 1. The van der Waals surface area contributed by atoms with E-state index < -0.39 is 10.0 Å². The Hall–Kier alpha value is -1.31. The second kappa shape index (κ2) is 4.75. The topological polar surface area (TPSA) is 92.7 Å². The van der Waals surface area contributed by atoms with Crippen LogP contribution in [0.15, 0.2) is 23.1 Å². The van der Waals surface area contributed by atoms with Gasteiger partial charge in [0, 0.05) is 37.6 Å². The molecule has 0 bridgehead atoms. The molecule has 100 valence electrons. The van der Waals surface area contributed by atoms with Crippen LogP contribution in [0.1, 0.15) is 0 Å². The van der Waals surface area contributed by atoms with E-state index in [-0.39, 0.29) is 4.90 Å². The van der Waals surface area contributed by atoms with Gasteiger partial charge >= 0.3 is 0 Å². The summed E-state index contributed by atoms with van der Waals surface area (Å²) in [5.41, 5.74) is 6.96. The Bertz CT molecular complexity index is 536. The van der Waals surface area contributed by atoms with Gasteiger partial charge < -0.3 is 15.5 Å². The Morgan fingerprint density at radius 2 is 1.72 bits per heavy atom. The van der Waals surface area contributed by atoms with Crippen LogP contribution in [0.2, 0.25) is 0 Å². The van der Waals surface area contributed by atoms with Crippen LogP contribution in [0.4, 0.5) is 11.4 Å². The normalized spacial score (nSPS) is 18.0. The van der Waals surface area contributed by atoms with Crippen molar-refractivity contribution >= 4 is 21.4 Å². The highest BCUT2D eigenvalue weighted by Crippen LogP contribution is 2.23. The van der Waals surface area contributed by atoms with Gasteiger partial charge in [-0.25, -0.2) is 13.6 Å². The van der Waals surface area contributed by atoms with Gasteiger partial charge in [-0.2, -0.15) is 0 Å². The molecule has 0 atom stereocenters. The lowest BCUT2D eigenvalue weighted by molar-refractivity contribution is 0.313. The second-order valence-corrected chi connectivity index (χ2v) is 6.16. The van der Waals surface area contributed by atoms with Gasteiger partial charge in [-0.15, -0.1) is 0 Å². The Balaban J connectivity index is 2.31. The summed E-state index contributed by atoms with van der Waals surface area (Å²) in [7, 11) is -1.65. The average molecular weight is 270 g/mol. The van der Waals surface area contributed by atoms with Crippen LogP contribution in [0, 0.1) is 0 Å². The number of hydrogen-bond acceptors (Lipinski definition) is 5. The van der Waals surface area contributed by atoms with Crippen molar-refractivity contribution in [3.05, 3.63) is 18.2 Å². The summed E-state index contributed by atoms with van der Waals surface area (Å²) in [6, 6.07) is 4.74. The van der Waals surface area contributed by atoms with Gasteiger partial charge in [0.2, 0.25) is 10.0 Å². The number of likely N-dealkylation sites (N-methyl/N-ethyl adjacent to an activating group) is 1. The zero-order chi connectivity index (χ0) is 13.3. The largest absolute Gasteiger partial charge is 0.399 e. The van der Waals surface area contributed by atoms with Crippen LogP contribution in [0.25, 0.3) is 0 Å². The fraction of sp³-hybridized carbons (Fsp3) is 0.455. The molecule has 0 aliphatic carbocycles. The first-order chi connectivity index (χ1) is 8.36. The SMILES string of the molecule is CN1CCN(c2cc(N)cc(S(N)(=O)=O)c2)CC1. The van der Waals surface area contributed by atoms with E-state index in [2.05, 4.69) is 16.8 Å².